The van der Waals surface area contributed by atoms with E-state index < -0.39 is 5.54 Å². The first-order chi connectivity index (χ1) is 8.14. The number of nitrogens with one attached hydrogen (secondary N) is 3. The third kappa shape index (κ3) is 3.59. The van der Waals surface area contributed by atoms with Gasteiger partial charge in [-0.2, -0.15) is 0 Å². The van der Waals surface area contributed by atoms with Gasteiger partial charge in [0.15, 0.2) is 0 Å². The summed E-state index contributed by atoms with van der Waals surface area (Å²) in [5.74, 6) is -0.119. The molecule has 0 aromatic heterocycles. The minimum atomic E-state index is -0.742. The molecule has 0 aromatic rings. The zero-order valence-corrected chi connectivity index (χ0v) is 10.3. The molecule has 3 amide bonds. The van der Waals surface area contributed by atoms with E-state index in [9.17, 15) is 9.59 Å². The van der Waals surface area contributed by atoms with Gasteiger partial charge >= 0.3 is 6.03 Å². The molecule has 5 N–H and O–H groups in total. The lowest BCUT2D eigenvalue weighted by Crippen LogP contribution is -2.59. The molecule has 17 heavy (non-hydrogen) atoms. The third-order valence-corrected chi connectivity index (χ3v) is 3.01. The van der Waals surface area contributed by atoms with Crippen LogP contribution in [0.1, 0.15) is 32.6 Å². The minimum absolute atomic E-state index is 0.119. The molecule has 0 bridgehead atoms. The summed E-state index contributed by atoms with van der Waals surface area (Å²) in [6.45, 7) is 3.24. The number of rotatable bonds is 5. The molecule has 0 heterocycles. The highest BCUT2D eigenvalue weighted by Gasteiger charge is 2.42. The monoisotopic (exact) mass is 242 g/mol. The van der Waals surface area contributed by atoms with E-state index in [1.807, 2.05) is 6.92 Å². The van der Waals surface area contributed by atoms with Crippen molar-refractivity contribution in [1.29, 1.82) is 0 Å². The van der Waals surface area contributed by atoms with Gasteiger partial charge in [0.25, 0.3) is 0 Å². The average Bonchev–Trinajstić information content (AvgIpc) is 2.75. The maximum absolute atomic E-state index is 12.1. The van der Waals surface area contributed by atoms with Gasteiger partial charge in [0.2, 0.25) is 5.91 Å². The maximum Gasteiger partial charge on any atom is 0.315 e. The number of carbonyl (C=O) groups excluding carboxylic acids is 2. The smallest absolute Gasteiger partial charge is 0.315 e. The summed E-state index contributed by atoms with van der Waals surface area (Å²) in [5, 5.41) is 8.21. The molecule has 1 rings (SSSR count). The van der Waals surface area contributed by atoms with E-state index in [0.29, 0.717) is 32.5 Å². The van der Waals surface area contributed by atoms with Crippen molar-refractivity contribution in [1.82, 2.24) is 16.0 Å². The molecule has 0 spiro atoms. The van der Waals surface area contributed by atoms with E-state index in [1.165, 1.54) is 0 Å². The van der Waals surface area contributed by atoms with Crippen LogP contribution in [0.4, 0.5) is 4.79 Å². The lowest BCUT2D eigenvalue weighted by molar-refractivity contribution is -0.127. The summed E-state index contributed by atoms with van der Waals surface area (Å²) < 4.78 is 0. The quantitative estimate of drug-likeness (QED) is 0.532. The van der Waals surface area contributed by atoms with Crippen molar-refractivity contribution in [2.45, 2.75) is 38.1 Å². The number of urea groups is 1. The zero-order valence-electron chi connectivity index (χ0n) is 10.3. The van der Waals surface area contributed by atoms with Crippen LogP contribution in [0.15, 0.2) is 0 Å². The van der Waals surface area contributed by atoms with Gasteiger partial charge in [0.1, 0.15) is 5.54 Å². The standard InChI is InChI=1S/C11H22N4O2/c1-2-13-10(17)15-11(5-3-4-6-11)9(16)14-8-7-12/h2-8,12H2,1H3,(H,14,16)(H2,13,15,17). The summed E-state index contributed by atoms with van der Waals surface area (Å²) >= 11 is 0. The fourth-order valence-electron chi connectivity index (χ4n) is 2.16. The normalized spacial score (nSPS) is 17.5. The highest BCUT2D eigenvalue weighted by atomic mass is 16.2. The van der Waals surface area contributed by atoms with Gasteiger partial charge in [-0.05, 0) is 19.8 Å². The Bertz CT molecular complexity index is 275. The predicted molar refractivity (Wildman–Crippen MR) is 65.5 cm³/mol. The molecule has 0 atom stereocenters. The van der Waals surface area contributed by atoms with Crippen molar-refractivity contribution in [2.24, 2.45) is 5.73 Å². The molecule has 0 aliphatic heterocycles. The lowest BCUT2D eigenvalue weighted by Gasteiger charge is -2.28. The molecule has 1 aliphatic rings. The van der Waals surface area contributed by atoms with Crippen molar-refractivity contribution in [3.05, 3.63) is 0 Å². The SMILES string of the molecule is CCNC(=O)NC1(C(=O)NCCN)CCCC1. The summed E-state index contributed by atoms with van der Waals surface area (Å²) in [7, 11) is 0. The lowest BCUT2D eigenvalue weighted by atomic mass is 9.96. The first kappa shape index (κ1) is 13.8. The first-order valence-corrected chi connectivity index (χ1v) is 6.19. The summed E-state index contributed by atoms with van der Waals surface area (Å²) in [4.78, 5) is 23.6. The Hall–Kier alpha value is -1.30. The van der Waals surface area contributed by atoms with Crippen LogP contribution in [0.25, 0.3) is 0 Å². The zero-order chi connectivity index (χ0) is 12.7. The van der Waals surface area contributed by atoms with Crippen molar-refractivity contribution in [3.8, 4) is 0 Å². The molecule has 98 valence electrons. The second-order valence-corrected chi connectivity index (χ2v) is 4.32. The molecule has 6 nitrogen and oxygen atoms in total. The van der Waals surface area contributed by atoms with Crippen LogP contribution in [0.5, 0.6) is 0 Å². The Morgan fingerprint density at radius 1 is 1.24 bits per heavy atom. The molecule has 0 radical (unpaired) electrons. The maximum atomic E-state index is 12.1. The number of amides is 3. The van der Waals surface area contributed by atoms with Crippen LogP contribution in [-0.4, -0.2) is 37.1 Å². The van der Waals surface area contributed by atoms with Crippen LogP contribution in [0.2, 0.25) is 0 Å². The van der Waals surface area contributed by atoms with Crippen LogP contribution in [-0.2, 0) is 4.79 Å². The van der Waals surface area contributed by atoms with E-state index in [-0.39, 0.29) is 11.9 Å². The van der Waals surface area contributed by atoms with E-state index in [1.54, 1.807) is 0 Å². The number of hydrogen-bond donors (Lipinski definition) is 4. The molecule has 6 heteroatoms. The number of carbonyl (C=O) groups is 2. The van der Waals surface area contributed by atoms with E-state index >= 15 is 0 Å². The topological polar surface area (TPSA) is 96.2 Å². The summed E-state index contributed by atoms with van der Waals surface area (Å²) in [6, 6.07) is -0.280. The minimum Gasteiger partial charge on any atom is -0.353 e. The Morgan fingerprint density at radius 3 is 2.41 bits per heavy atom. The average molecular weight is 242 g/mol. The molecule has 0 unspecified atom stereocenters. The van der Waals surface area contributed by atoms with Crippen LogP contribution in [0.3, 0.4) is 0 Å². The molecular weight excluding hydrogens is 220 g/mol. The Balaban J connectivity index is 2.61. The van der Waals surface area contributed by atoms with Gasteiger partial charge < -0.3 is 21.7 Å². The third-order valence-electron chi connectivity index (χ3n) is 3.01. The summed E-state index contributed by atoms with van der Waals surface area (Å²) in [6.07, 6.45) is 3.31. The molecular formula is C11H22N4O2. The second-order valence-electron chi connectivity index (χ2n) is 4.32. The number of nitrogens with two attached hydrogens (primary N) is 1. The van der Waals surface area contributed by atoms with E-state index in [2.05, 4.69) is 16.0 Å². The predicted octanol–water partition coefficient (Wildman–Crippen LogP) is -0.307. The number of hydrogen-bond acceptors (Lipinski definition) is 3. The first-order valence-electron chi connectivity index (χ1n) is 6.19. The fraction of sp³-hybridized carbons (Fsp3) is 0.818. The van der Waals surface area contributed by atoms with Gasteiger partial charge in [-0.3, -0.25) is 4.79 Å². The van der Waals surface area contributed by atoms with Crippen molar-refractivity contribution in [2.75, 3.05) is 19.6 Å². The van der Waals surface area contributed by atoms with E-state index in [4.69, 9.17) is 5.73 Å². The molecule has 1 fully saturated rings. The van der Waals surface area contributed by atoms with Crippen molar-refractivity contribution < 1.29 is 9.59 Å². The Kier molecular flexibility index (Phi) is 5.21. The Labute approximate surface area is 102 Å². The van der Waals surface area contributed by atoms with Crippen LogP contribution >= 0.6 is 0 Å². The highest BCUT2D eigenvalue weighted by Crippen LogP contribution is 2.29. The van der Waals surface area contributed by atoms with Gasteiger partial charge in [-0.15, -0.1) is 0 Å². The van der Waals surface area contributed by atoms with Gasteiger partial charge in [-0.25, -0.2) is 4.79 Å². The van der Waals surface area contributed by atoms with Crippen LogP contribution < -0.4 is 21.7 Å². The molecule has 0 saturated heterocycles. The second kappa shape index (κ2) is 6.44. The largest absolute Gasteiger partial charge is 0.353 e. The van der Waals surface area contributed by atoms with Crippen molar-refractivity contribution >= 4 is 11.9 Å². The fourth-order valence-corrected chi connectivity index (χ4v) is 2.16. The van der Waals surface area contributed by atoms with Gasteiger partial charge in [-0.1, -0.05) is 12.8 Å². The van der Waals surface area contributed by atoms with Crippen LogP contribution in [0, 0.1) is 0 Å². The van der Waals surface area contributed by atoms with Gasteiger partial charge in [0, 0.05) is 19.6 Å². The Morgan fingerprint density at radius 2 is 1.88 bits per heavy atom. The van der Waals surface area contributed by atoms with E-state index in [0.717, 1.165) is 12.8 Å². The molecule has 0 aromatic carbocycles. The van der Waals surface area contributed by atoms with Crippen molar-refractivity contribution in [3.63, 3.8) is 0 Å². The highest BCUT2D eigenvalue weighted by molar-refractivity contribution is 5.91. The summed E-state index contributed by atoms with van der Waals surface area (Å²) in [5.41, 5.74) is 4.61. The van der Waals surface area contributed by atoms with Gasteiger partial charge in [0.05, 0.1) is 0 Å². The molecule has 1 aliphatic carbocycles. The molecule has 1 saturated carbocycles.